The molecule has 1 aliphatic heterocycles. The molecule has 3 rings (SSSR count). The van der Waals surface area contributed by atoms with Gasteiger partial charge < -0.3 is 10.4 Å². The molecule has 0 aromatic heterocycles. The number of sulfonamides is 1. The molecular formula is C23H24F4N2O4S3. The first-order chi connectivity index (χ1) is 16.7. The largest absolute Gasteiger partial charge is 0.421 e. The molecule has 36 heavy (non-hydrogen) atoms. The number of aryl methyl sites for hydroxylation is 1. The highest BCUT2D eigenvalue weighted by Gasteiger charge is 2.51. The number of hydrogen-bond acceptors (Lipinski definition) is 6. The Hall–Kier alpha value is -2.22. The molecule has 0 saturated carbocycles. The number of anilines is 1. The first-order valence-corrected chi connectivity index (χ1v) is 13.8. The van der Waals surface area contributed by atoms with E-state index in [0.717, 1.165) is 40.7 Å². The van der Waals surface area contributed by atoms with Crippen LogP contribution in [-0.2, 0) is 26.8 Å². The minimum absolute atomic E-state index is 0.0951. The Labute approximate surface area is 216 Å². The summed E-state index contributed by atoms with van der Waals surface area (Å²) in [5.41, 5.74) is -3.21. The highest BCUT2D eigenvalue weighted by molar-refractivity contribution is 8.22. The second-order valence-electron chi connectivity index (χ2n) is 8.45. The van der Waals surface area contributed by atoms with Crippen LogP contribution >= 0.6 is 24.0 Å². The lowest BCUT2D eigenvalue weighted by Gasteiger charge is -2.38. The summed E-state index contributed by atoms with van der Waals surface area (Å²) < 4.78 is 82.3. The van der Waals surface area contributed by atoms with Crippen LogP contribution in [0.1, 0.15) is 30.9 Å². The number of nitrogens with zero attached hydrogens (tertiary/aromatic N) is 1. The summed E-state index contributed by atoms with van der Waals surface area (Å²) in [6.07, 6.45) is -3.06. The molecule has 196 valence electrons. The summed E-state index contributed by atoms with van der Waals surface area (Å²) in [5, 5.41) is 12.9. The van der Waals surface area contributed by atoms with E-state index in [1.807, 2.05) is 0 Å². The predicted octanol–water partition coefficient (Wildman–Crippen LogP) is 4.30. The number of halogens is 4. The van der Waals surface area contributed by atoms with Crippen molar-refractivity contribution in [3.05, 3.63) is 59.4 Å². The molecular weight excluding hydrogens is 540 g/mol. The quantitative estimate of drug-likeness (QED) is 0.383. The number of carbonyl (C=O) groups excluding carboxylic acids is 1. The number of Topliss-reactive ketones (excluding diaryl/α,β-unsaturated/α-hetero) is 1. The molecule has 2 atom stereocenters. The summed E-state index contributed by atoms with van der Waals surface area (Å²) in [4.78, 5) is 12.4. The average molecular weight is 565 g/mol. The van der Waals surface area contributed by atoms with Gasteiger partial charge in [0, 0.05) is 6.42 Å². The van der Waals surface area contributed by atoms with E-state index >= 15 is 0 Å². The standard InChI is InChI=1S/C23H24F4N2O4S3/c1-22(31,23(25,26)27)15-4-10-20-14(11-15)3-7-17(12-18(30)13-28-21(34)35-2)29(20)36(32,33)19-8-5-16(24)6-9-19/h4-6,8-11,17,31H,3,7,12-13H2,1-2H3,(H,28,34)/t17-,22?/m0/s1. The Morgan fingerprint density at radius 2 is 1.86 bits per heavy atom. The number of aliphatic hydroxyl groups is 1. The molecule has 1 unspecified atom stereocenters. The van der Waals surface area contributed by atoms with E-state index < -0.39 is 39.2 Å². The van der Waals surface area contributed by atoms with Crippen molar-refractivity contribution in [2.75, 3.05) is 17.1 Å². The molecule has 0 amide bonds. The zero-order valence-electron chi connectivity index (χ0n) is 19.3. The third kappa shape index (κ3) is 5.84. The molecule has 2 aromatic rings. The Morgan fingerprint density at radius 3 is 2.44 bits per heavy atom. The SMILES string of the molecule is CSC(=S)NCC(=O)C[C@@H]1CCc2cc(C(C)(O)C(F)(F)F)ccc2N1S(=O)(=O)c1ccc(F)cc1. The van der Waals surface area contributed by atoms with Crippen molar-refractivity contribution in [3.8, 4) is 0 Å². The molecule has 6 nitrogen and oxygen atoms in total. The number of alkyl halides is 3. The van der Waals surface area contributed by atoms with Gasteiger partial charge in [0.05, 0.1) is 23.2 Å². The number of benzene rings is 2. The second kappa shape index (κ2) is 10.6. The lowest BCUT2D eigenvalue weighted by Crippen LogP contribution is -2.46. The molecule has 1 heterocycles. The lowest BCUT2D eigenvalue weighted by atomic mass is 9.89. The van der Waals surface area contributed by atoms with Crippen LogP contribution in [0.2, 0.25) is 0 Å². The molecule has 13 heteroatoms. The molecule has 0 bridgehead atoms. The fourth-order valence-electron chi connectivity index (χ4n) is 3.91. The van der Waals surface area contributed by atoms with E-state index in [2.05, 4.69) is 5.32 Å². The van der Waals surface area contributed by atoms with Crippen molar-refractivity contribution >= 4 is 49.8 Å². The van der Waals surface area contributed by atoms with Crippen molar-refractivity contribution in [2.45, 2.75) is 48.9 Å². The molecule has 0 saturated heterocycles. The van der Waals surface area contributed by atoms with E-state index in [9.17, 15) is 35.9 Å². The van der Waals surface area contributed by atoms with E-state index in [-0.39, 0.29) is 47.7 Å². The zero-order valence-corrected chi connectivity index (χ0v) is 21.8. The van der Waals surface area contributed by atoms with E-state index in [4.69, 9.17) is 12.2 Å². The molecule has 0 aliphatic carbocycles. The first-order valence-electron chi connectivity index (χ1n) is 10.7. The fourth-order valence-corrected chi connectivity index (χ4v) is 5.92. The van der Waals surface area contributed by atoms with Crippen LogP contribution in [0.5, 0.6) is 0 Å². The summed E-state index contributed by atoms with van der Waals surface area (Å²) in [7, 11) is -4.32. The van der Waals surface area contributed by atoms with Crippen LogP contribution in [0.25, 0.3) is 0 Å². The molecule has 2 aromatic carbocycles. The van der Waals surface area contributed by atoms with Gasteiger partial charge in [-0.15, -0.1) is 11.8 Å². The molecule has 0 radical (unpaired) electrons. The number of hydrogen-bond donors (Lipinski definition) is 2. The van der Waals surface area contributed by atoms with Gasteiger partial charge in [-0.1, -0.05) is 24.4 Å². The highest BCUT2D eigenvalue weighted by atomic mass is 32.2. The van der Waals surface area contributed by atoms with E-state index in [1.54, 1.807) is 6.26 Å². The number of thiocarbonyl (C=S) groups is 1. The maximum Gasteiger partial charge on any atom is 0.421 e. The normalized spacial score (nSPS) is 17.8. The van der Waals surface area contributed by atoms with Gasteiger partial charge in [0.2, 0.25) is 0 Å². The Kier molecular flexibility index (Phi) is 8.38. The minimum atomic E-state index is -4.95. The molecule has 0 fully saturated rings. The van der Waals surface area contributed by atoms with Crippen LogP contribution in [0.3, 0.4) is 0 Å². The third-order valence-electron chi connectivity index (χ3n) is 5.96. The van der Waals surface area contributed by atoms with Crippen molar-refractivity contribution in [1.29, 1.82) is 0 Å². The van der Waals surface area contributed by atoms with Crippen LogP contribution in [0.15, 0.2) is 47.4 Å². The maximum absolute atomic E-state index is 13.6. The van der Waals surface area contributed by atoms with Crippen LogP contribution < -0.4 is 9.62 Å². The predicted molar refractivity (Wildman–Crippen MR) is 134 cm³/mol. The van der Waals surface area contributed by atoms with Crippen molar-refractivity contribution in [3.63, 3.8) is 0 Å². The van der Waals surface area contributed by atoms with Gasteiger partial charge in [0.1, 0.15) is 10.1 Å². The number of rotatable bonds is 7. The smallest absolute Gasteiger partial charge is 0.376 e. The Balaban J connectivity index is 2.04. The minimum Gasteiger partial charge on any atom is -0.376 e. The number of carbonyl (C=O) groups is 1. The summed E-state index contributed by atoms with van der Waals surface area (Å²) >= 11 is 6.26. The van der Waals surface area contributed by atoms with Crippen LogP contribution in [0, 0.1) is 5.82 Å². The first kappa shape index (κ1) is 28.4. The third-order valence-corrected chi connectivity index (χ3v) is 9.00. The highest BCUT2D eigenvalue weighted by Crippen LogP contribution is 2.42. The lowest BCUT2D eigenvalue weighted by molar-refractivity contribution is -0.258. The topological polar surface area (TPSA) is 86.7 Å². The summed E-state index contributed by atoms with van der Waals surface area (Å²) in [6.45, 7) is 0.513. The van der Waals surface area contributed by atoms with Gasteiger partial charge in [-0.2, -0.15) is 13.2 Å². The van der Waals surface area contributed by atoms with Crippen molar-refractivity contribution < 1.29 is 35.9 Å². The van der Waals surface area contributed by atoms with Gasteiger partial charge in [-0.25, -0.2) is 12.8 Å². The van der Waals surface area contributed by atoms with Gasteiger partial charge >= 0.3 is 6.18 Å². The monoisotopic (exact) mass is 564 g/mol. The maximum atomic E-state index is 13.6. The number of fused-ring (bicyclic) bond motifs is 1. The number of thioether (sulfide) groups is 1. The molecule has 1 aliphatic rings. The summed E-state index contributed by atoms with van der Waals surface area (Å²) in [5.74, 6) is -0.953. The average Bonchev–Trinajstić information content (AvgIpc) is 2.81. The fraction of sp³-hybridized carbons (Fsp3) is 0.391. The molecule has 2 N–H and O–H groups in total. The van der Waals surface area contributed by atoms with Gasteiger partial charge in [0.15, 0.2) is 11.4 Å². The number of nitrogens with one attached hydrogen (secondary N) is 1. The molecule has 0 spiro atoms. The summed E-state index contributed by atoms with van der Waals surface area (Å²) in [6, 6.07) is 6.64. The second-order valence-corrected chi connectivity index (χ2v) is 11.7. The van der Waals surface area contributed by atoms with Gasteiger partial charge in [-0.05, 0) is 67.5 Å². The van der Waals surface area contributed by atoms with Crippen LogP contribution in [-0.4, -0.2) is 48.6 Å². The Bertz CT molecular complexity index is 1250. The van der Waals surface area contributed by atoms with E-state index in [0.29, 0.717) is 11.2 Å². The Morgan fingerprint density at radius 1 is 1.22 bits per heavy atom. The number of ketones is 1. The zero-order chi connectivity index (χ0) is 26.9. The van der Waals surface area contributed by atoms with Crippen LogP contribution in [0.4, 0.5) is 23.2 Å². The van der Waals surface area contributed by atoms with Gasteiger partial charge in [0.25, 0.3) is 10.0 Å². The van der Waals surface area contributed by atoms with Crippen molar-refractivity contribution in [2.24, 2.45) is 0 Å². The van der Waals surface area contributed by atoms with Gasteiger partial charge in [-0.3, -0.25) is 9.10 Å². The van der Waals surface area contributed by atoms with Crippen molar-refractivity contribution in [1.82, 2.24) is 5.32 Å². The van der Waals surface area contributed by atoms with E-state index in [1.165, 1.54) is 17.8 Å².